The number of hydrogen-bond acceptors (Lipinski definition) is 4. The molecule has 1 fully saturated rings. The van der Waals surface area contributed by atoms with Crippen molar-refractivity contribution in [1.29, 1.82) is 0 Å². The monoisotopic (exact) mass is 225 g/mol. The predicted octanol–water partition coefficient (Wildman–Crippen LogP) is 1.21. The van der Waals surface area contributed by atoms with Crippen molar-refractivity contribution in [2.45, 2.75) is 12.8 Å². The normalized spacial score (nSPS) is 15.9. The molecule has 1 aliphatic heterocycles. The van der Waals surface area contributed by atoms with Crippen molar-refractivity contribution in [3.8, 4) is 0 Å². The third kappa shape index (κ3) is 2.07. The van der Waals surface area contributed by atoms with Crippen LogP contribution in [0.2, 0.25) is 5.15 Å². The van der Waals surface area contributed by atoms with Crippen molar-refractivity contribution in [3.05, 3.63) is 23.4 Å². The van der Waals surface area contributed by atoms with E-state index in [-0.39, 0.29) is 24.7 Å². The smallest absolute Gasteiger partial charge is 0.248 e. The van der Waals surface area contributed by atoms with E-state index in [0.29, 0.717) is 11.0 Å². The molecule has 6 heteroatoms. The highest BCUT2D eigenvalue weighted by molar-refractivity contribution is 6.29. The number of nitrogens with one attached hydrogen (secondary N) is 1. The van der Waals surface area contributed by atoms with Gasteiger partial charge in [-0.3, -0.25) is 15.0 Å². The van der Waals surface area contributed by atoms with Gasteiger partial charge in [0.25, 0.3) is 0 Å². The molecular formula is C9H8ClN3O2. The summed E-state index contributed by atoms with van der Waals surface area (Å²) in [5.41, 5.74) is 2.62. The lowest BCUT2D eigenvalue weighted by Gasteiger charge is -2.15. The number of halogens is 1. The highest BCUT2D eigenvalue weighted by atomic mass is 35.5. The minimum atomic E-state index is -0.248. The highest BCUT2D eigenvalue weighted by Crippen LogP contribution is 2.15. The summed E-state index contributed by atoms with van der Waals surface area (Å²) in [6, 6.07) is 4.92. The summed E-state index contributed by atoms with van der Waals surface area (Å²) in [4.78, 5) is 26.4. The molecule has 0 aliphatic carbocycles. The molecule has 1 aromatic heterocycles. The van der Waals surface area contributed by atoms with Crippen LogP contribution in [0.15, 0.2) is 18.2 Å². The fourth-order valence-corrected chi connectivity index (χ4v) is 1.45. The molecule has 5 nitrogen and oxygen atoms in total. The first-order valence-corrected chi connectivity index (χ1v) is 4.79. The summed E-state index contributed by atoms with van der Waals surface area (Å²) in [6.07, 6.45) is 0.485. The van der Waals surface area contributed by atoms with Crippen LogP contribution in [0, 0.1) is 0 Å². The first kappa shape index (κ1) is 9.92. The van der Waals surface area contributed by atoms with Gasteiger partial charge in [0.05, 0.1) is 0 Å². The van der Waals surface area contributed by atoms with Crippen molar-refractivity contribution >= 4 is 29.2 Å². The van der Waals surface area contributed by atoms with E-state index in [1.807, 2.05) is 0 Å². The average molecular weight is 226 g/mol. The van der Waals surface area contributed by atoms with Gasteiger partial charge in [-0.25, -0.2) is 4.98 Å². The van der Waals surface area contributed by atoms with Crippen LogP contribution in [0.4, 0.5) is 5.82 Å². The van der Waals surface area contributed by atoms with Crippen molar-refractivity contribution in [2.75, 3.05) is 5.43 Å². The second kappa shape index (κ2) is 3.86. The van der Waals surface area contributed by atoms with Crippen LogP contribution in [0.1, 0.15) is 12.8 Å². The van der Waals surface area contributed by atoms with E-state index >= 15 is 0 Å². The molecule has 0 unspecified atom stereocenters. The van der Waals surface area contributed by atoms with Crippen molar-refractivity contribution < 1.29 is 9.59 Å². The van der Waals surface area contributed by atoms with Crippen molar-refractivity contribution in [3.63, 3.8) is 0 Å². The molecule has 2 amide bonds. The SMILES string of the molecule is O=C1CCC(=O)N1Nc1cccc(Cl)n1. The molecule has 0 spiro atoms. The van der Waals surface area contributed by atoms with E-state index in [0.717, 1.165) is 5.01 Å². The summed E-state index contributed by atoms with van der Waals surface area (Å²) >= 11 is 5.66. The van der Waals surface area contributed by atoms with Crippen molar-refractivity contribution in [1.82, 2.24) is 9.99 Å². The van der Waals surface area contributed by atoms with E-state index in [1.54, 1.807) is 18.2 Å². The topological polar surface area (TPSA) is 62.3 Å². The van der Waals surface area contributed by atoms with Crippen LogP contribution >= 0.6 is 11.6 Å². The lowest BCUT2D eigenvalue weighted by Crippen LogP contribution is -2.35. The zero-order valence-electron chi connectivity index (χ0n) is 7.74. The lowest BCUT2D eigenvalue weighted by atomic mass is 10.4. The number of hydrazine groups is 1. The maximum absolute atomic E-state index is 11.3. The molecule has 15 heavy (non-hydrogen) atoms. The molecule has 0 bridgehead atoms. The Hall–Kier alpha value is -1.62. The van der Waals surface area contributed by atoms with Gasteiger partial charge in [-0.1, -0.05) is 17.7 Å². The molecule has 0 atom stereocenters. The third-order valence-corrected chi connectivity index (χ3v) is 2.20. The van der Waals surface area contributed by atoms with Crippen LogP contribution in [0.5, 0.6) is 0 Å². The Kier molecular flexibility index (Phi) is 2.55. The van der Waals surface area contributed by atoms with Gasteiger partial charge in [-0.15, -0.1) is 0 Å². The largest absolute Gasteiger partial charge is 0.273 e. The van der Waals surface area contributed by atoms with Crippen LogP contribution in [0.25, 0.3) is 0 Å². The van der Waals surface area contributed by atoms with Crippen LogP contribution in [-0.4, -0.2) is 21.8 Å². The Bertz CT molecular complexity index is 406. The van der Waals surface area contributed by atoms with E-state index in [2.05, 4.69) is 10.4 Å². The Morgan fingerprint density at radius 2 is 1.93 bits per heavy atom. The molecular weight excluding hydrogens is 218 g/mol. The minimum Gasteiger partial charge on any atom is -0.273 e. The fraction of sp³-hybridized carbons (Fsp3) is 0.222. The molecule has 1 aliphatic rings. The molecule has 0 aromatic carbocycles. The maximum Gasteiger partial charge on any atom is 0.248 e. The second-order valence-electron chi connectivity index (χ2n) is 3.08. The lowest BCUT2D eigenvalue weighted by molar-refractivity contribution is -0.136. The summed E-state index contributed by atoms with van der Waals surface area (Å²) in [5.74, 6) is -0.116. The number of carbonyl (C=O) groups excluding carboxylic acids is 2. The van der Waals surface area contributed by atoms with E-state index in [4.69, 9.17) is 11.6 Å². The van der Waals surface area contributed by atoms with Gasteiger partial charge in [0.2, 0.25) is 11.8 Å². The zero-order valence-corrected chi connectivity index (χ0v) is 8.49. The fourth-order valence-electron chi connectivity index (χ4n) is 1.29. The summed E-state index contributed by atoms with van der Waals surface area (Å²) in [6.45, 7) is 0. The number of pyridine rings is 1. The van der Waals surface area contributed by atoms with Gasteiger partial charge in [-0.05, 0) is 12.1 Å². The van der Waals surface area contributed by atoms with Gasteiger partial charge in [0.1, 0.15) is 11.0 Å². The predicted molar refractivity (Wildman–Crippen MR) is 54.0 cm³/mol. The zero-order chi connectivity index (χ0) is 10.8. The Morgan fingerprint density at radius 1 is 1.27 bits per heavy atom. The number of imide groups is 1. The Balaban J connectivity index is 2.15. The number of aromatic nitrogens is 1. The molecule has 1 aromatic rings. The number of carbonyl (C=O) groups is 2. The average Bonchev–Trinajstić information content (AvgIpc) is 2.50. The van der Waals surface area contributed by atoms with Crippen LogP contribution < -0.4 is 5.43 Å². The molecule has 78 valence electrons. The summed E-state index contributed by atoms with van der Waals surface area (Å²) in [5, 5.41) is 1.28. The molecule has 1 saturated heterocycles. The van der Waals surface area contributed by atoms with Crippen LogP contribution in [0.3, 0.4) is 0 Å². The van der Waals surface area contributed by atoms with Crippen molar-refractivity contribution in [2.24, 2.45) is 0 Å². The second-order valence-corrected chi connectivity index (χ2v) is 3.47. The molecule has 0 saturated carbocycles. The van der Waals surface area contributed by atoms with Crippen LogP contribution in [-0.2, 0) is 9.59 Å². The summed E-state index contributed by atoms with van der Waals surface area (Å²) < 4.78 is 0. The van der Waals surface area contributed by atoms with Gasteiger partial charge < -0.3 is 0 Å². The van der Waals surface area contributed by atoms with E-state index in [1.165, 1.54) is 0 Å². The van der Waals surface area contributed by atoms with E-state index < -0.39 is 0 Å². The Labute approximate surface area is 91.0 Å². The molecule has 0 radical (unpaired) electrons. The molecule has 2 heterocycles. The standard InChI is InChI=1S/C9H8ClN3O2/c10-6-2-1-3-7(11-6)12-13-8(14)4-5-9(13)15/h1-3H,4-5H2,(H,11,12). The number of nitrogens with zero attached hydrogens (tertiary/aromatic N) is 2. The van der Waals surface area contributed by atoms with Gasteiger partial charge in [-0.2, -0.15) is 5.01 Å². The number of amides is 2. The quantitative estimate of drug-likeness (QED) is 0.607. The Morgan fingerprint density at radius 3 is 2.53 bits per heavy atom. The number of anilines is 1. The first-order chi connectivity index (χ1) is 7.16. The van der Waals surface area contributed by atoms with E-state index in [9.17, 15) is 9.59 Å². The number of hydrogen-bond donors (Lipinski definition) is 1. The molecule has 1 N–H and O–H groups in total. The molecule has 2 rings (SSSR count). The number of rotatable bonds is 2. The third-order valence-electron chi connectivity index (χ3n) is 1.99. The van der Waals surface area contributed by atoms with Gasteiger partial charge in [0, 0.05) is 12.8 Å². The first-order valence-electron chi connectivity index (χ1n) is 4.42. The highest BCUT2D eigenvalue weighted by Gasteiger charge is 2.29. The minimum absolute atomic E-state index is 0.242. The van der Waals surface area contributed by atoms with Gasteiger partial charge >= 0.3 is 0 Å². The summed E-state index contributed by atoms with van der Waals surface area (Å²) in [7, 11) is 0. The maximum atomic E-state index is 11.3. The van der Waals surface area contributed by atoms with Gasteiger partial charge in [0.15, 0.2) is 0 Å².